The molecule has 2 rings (SSSR count). The lowest BCUT2D eigenvalue weighted by atomic mass is 10.3. The zero-order chi connectivity index (χ0) is 9.10. The fraction of sp³-hybridized carbons (Fsp3) is 0.100. The first-order chi connectivity index (χ1) is 6.36. The molecule has 0 fully saturated rings. The van der Waals surface area contributed by atoms with Crippen molar-refractivity contribution >= 4 is 5.82 Å². The van der Waals surface area contributed by atoms with Crippen molar-refractivity contribution in [3.8, 4) is 0 Å². The number of pyridine rings is 1. The summed E-state index contributed by atoms with van der Waals surface area (Å²) >= 11 is 0. The highest BCUT2D eigenvalue weighted by molar-refractivity contribution is 5.45. The van der Waals surface area contributed by atoms with E-state index in [0.29, 0.717) is 6.54 Å². The Morgan fingerprint density at radius 1 is 1.38 bits per heavy atom. The lowest BCUT2D eigenvalue weighted by Gasteiger charge is -2.21. The fourth-order valence-electron chi connectivity index (χ4n) is 1.25. The van der Waals surface area contributed by atoms with E-state index in [4.69, 9.17) is 5.73 Å². The van der Waals surface area contributed by atoms with Crippen LogP contribution < -0.4 is 10.6 Å². The summed E-state index contributed by atoms with van der Waals surface area (Å²) in [4.78, 5) is 6.24. The van der Waals surface area contributed by atoms with E-state index in [0.717, 1.165) is 11.5 Å². The Bertz CT molecular complexity index is 340. The van der Waals surface area contributed by atoms with Gasteiger partial charge in [-0.05, 0) is 24.3 Å². The second-order valence-electron chi connectivity index (χ2n) is 2.90. The molecule has 66 valence electrons. The number of aromatic nitrogens is 1. The third-order valence-electron chi connectivity index (χ3n) is 1.87. The van der Waals surface area contributed by atoms with E-state index < -0.39 is 0 Å². The molecule has 0 unspecified atom stereocenters. The number of anilines is 1. The molecule has 0 saturated carbocycles. The first kappa shape index (κ1) is 7.86. The van der Waals surface area contributed by atoms with Crippen LogP contribution in [0, 0.1) is 0 Å². The van der Waals surface area contributed by atoms with Gasteiger partial charge in [-0.2, -0.15) is 0 Å². The number of hydrogen-bond donors (Lipinski definition) is 1. The minimum Gasteiger partial charge on any atom is -0.401 e. The van der Waals surface area contributed by atoms with Gasteiger partial charge in [0.2, 0.25) is 0 Å². The topological polar surface area (TPSA) is 42.1 Å². The SMILES string of the molecule is NC1=CC=CN(c2ccccn2)C1. The molecule has 1 aliphatic rings. The molecule has 1 aliphatic heterocycles. The van der Waals surface area contributed by atoms with Crippen LogP contribution in [-0.2, 0) is 0 Å². The lowest BCUT2D eigenvalue weighted by molar-refractivity contribution is 0.967. The van der Waals surface area contributed by atoms with Gasteiger partial charge in [-0.25, -0.2) is 4.98 Å². The lowest BCUT2D eigenvalue weighted by Crippen LogP contribution is -2.25. The smallest absolute Gasteiger partial charge is 0.132 e. The average Bonchev–Trinajstić information content (AvgIpc) is 2.19. The van der Waals surface area contributed by atoms with Gasteiger partial charge < -0.3 is 10.6 Å². The second-order valence-corrected chi connectivity index (χ2v) is 2.90. The van der Waals surface area contributed by atoms with Gasteiger partial charge in [0.1, 0.15) is 5.82 Å². The Balaban J connectivity index is 2.21. The van der Waals surface area contributed by atoms with Gasteiger partial charge in [-0.15, -0.1) is 0 Å². The number of nitrogens with zero attached hydrogens (tertiary/aromatic N) is 2. The van der Waals surface area contributed by atoms with Gasteiger partial charge >= 0.3 is 0 Å². The molecule has 0 spiro atoms. The normalized spacial score (nSPS) is 15.7. The number of allylic oxidation sites excluding steroid dienone is 2. The Hall–Kier alpha value is -1.77. The summed E-state index contributed by atoms with van der Waals surface area (Å²) in [6.07, 6.45) is 7.57. The van der Waals surface area contributed by atoms with Crippen LogP contribution in [0.1, 0.15) is 0 Å². The quantitative estimate of drug-likeness (QED) is 0.695. The Morgan fingerprint density at radius 3 is 3.00 bits per heavy atom. The van der Waals surface area contributed by atoms with Crippen molar-refractivity contribution in [2.75, 3.05) is 11.4 Å². The minimum absolute atomic E-state index is 0.716. The van der Waals surface area contributed by atoms with E-state index in [-0.39, 0.29) is 0 Å². The molecule has 2 heterocycles. The largest absolute Gasteiger partial charge is 0.401 e. The summed E-state index contributed by atoms with van der Waals surface area (Å²) in [5.74, 6) is 0.926. The van der Waals surface area contributed by atoms with Gasteiger partial charge in [0.05, 0.1) is 6.54 Å². The van der Waals surface area contributed by atoms with Crippen molar-refractivity contribution < 1.29 is 0 Å². The van der Waals surface area contributed by atoms with E-state index in [1.807, 2.05) is 41.5 Å². The van der Waals surface area contributed by atoms with E-state index >= 15 is 0 Å². The number of nitrogens with two attached hydrogens (primary N) is 1. The highest BCUT2D eigenvalue weighted by Crippen LogP contribution is 2.13. The number of hydrogen-bond acceptors (Lipinski definition) is 3. The van der Waals surface area contributed by atoms with Crippen LogP contribution in [0.25, 0.3) is 0 Å². The molecule has 3 nitrogen and oxygen atoms in total. The van der Waals surface area contributed by atoms with E-state index in [9.17, 15) is 0 Å². The van der Waals surface area contributed by atoms with Crippen molar-refractivity contribution in [3.63, 3.8) is 0 Å². The van der Waals surface area contributed by atoms with Gasteiger partial charge in [0.15, 0.2) is 0 Å². The molecule has 1 aromatic heterocycles. The predicted molar refractivity (Wildman–Crippen MR) is 53.0 cm³/mol. The van der Waals surface area contributed by atoms with Crippen molar-refractivity contribution in [3.05, 3.63) is 48.4 Å². The molecule has 2 N–H and O–H groups in total. The zero-order valence-electron chi connectivity index (χ0n) is 7.22. The molecule has 0 atom stereocenters. The van der Waals surface area contributed by atoms with E-state index in [2.05, 4.69) is 4.98 Å². The maximum absolute atomic E-state index is 5.70. The van der Waals surface area contributed by atoms with Crippen LogP contribution in [0.3, 0.4) is 0 Å². The summed E-state index contributed by atoms with van der Waals surface area (Å²) in [5.41, 5.74) is 6.56. The number of rotatable bonds is 1. The van der Waals surface area contributed by atoms with Crippen LogP contribution in [0.4, 0.5) is 5.82 Å². The van der Waals surface area contributed by atoms with E-state index in [1.165, 1.54) is 0 Å². The third-order valence-corrected chi connectivity index (χ3v) is 1.87. The summed E-state index contributed by atoms with van der Waals surface area (Å²) in [6, 6.07) is 5.82. The Morgan fingerprint density at radius 2 is 2.31 bits per heavy atom. The molecule has 0 saturated heterocycles. The average molecular weight is 173 g/mol. The summed E-state index contributed by atoms with van der Waals surface area (Å²) in [7, 11) is 0. The third kappa shape index (κ3) is 1.69. The van der Waals surface area contributed by atoms with Crippen LogP contribution in [0.2, 0.25) is 0 Å². The molecule has 0 aliphatic carbocycles. The summed E-state index contributed by atoms with van der Waals surface area (Å²) < 4.78 is 0. The maximum atomic E-state index is 5.70. The molecule has 0 radical (unpaired) electrons. The van der Waals surface area contributed by atoms with Gasteiger partial charge in [0.25, 0.3) is 0 Å². The zero-order valence-corrected chi connectivity index (χ0v) is 7.22. The van der Waals surface area contributed by atoms with Crippen molar-refractivity contribution in [1.29, 1.82) is 0 Å². The maximum Gasteiger partial charge on any atom is 0.132 e. The van der Waals surface area contributed by atoms with Gasteiger partial charge in [0, 0.05) is 18.1 Å². The predicted octanol–water partition coefficient (Wildman–Crippen LogP) is 1.26. The first-order valence-electron chi connectivity index (χ1n) is 4.17. The van der Waals surface area contributed by atoms with Gasteiger partial charge in [-0.3, -0.25) is 0 Å². The van der Waals surface area contributed by atoms with Crippen LogP contribution >= 0.6 is 0 Å². The van der Waals surface area contributed by atoms with Crippen LogP contribution in [-0.4, -0.2) is 11.5 Å². The highest BCUT2D eigenvalue weighted by atomic mass is 15.2. The standard InChI is InChI=1S/C10H11N3/c11-9-4-3-7-13(8-9)10-5-1-2-6-12-10/h1-7H,8,11H2. The molecule has 0 aromatic carbocycles. The van der Waals surface area contributed by atoms with Crippen LogP contribution in [0.15, 0.2) is 48.4 Å². The fourth-order valence-corrected chi connectivity index (χ4v) is 1.25. The highest BCUT2D eigenvalue weighted by Gasteiger charge is 2.06. The van der Waals surface area contributed by atoms with Crippen molar-refractivity contribution in [2.24, 2.45) is 5.73 Å². The molecule has 13 heavy (non-hydrogen) atoms. The Kier molecular flexibility index (Phi) is 2.00. The van der Waals surface area contributed by atoms with Gasteiger partial charge in [-0.1, -0.05) is 6.07 Å². The second kappa shape index (κ2) is 3.31. The van der Waals surface area contributed by atoms with Crippen molar-refractivity contribution in [2.45, 2.75) is 0 Å². The molecule has 3 heteroatoms. The van der Waals surface area contributed by atoms with Crippen molar-refractivity contribution in [1.82, 2.24) is 4.98 Å². The minimum atomic E-state index is 0.716. The summed E-state index contributed by atoms with van der Waals surface area (Å²) in [5, 5.41) is 0. The summed E-state index contributed by atoms with van der Waals surface area (Å²) in [6.45, 7) is 0.716. The Labute approximate surface area is 77.2 Å². The molecular weight excluding hydrogens is 162 g/mol. The van der Waals surface area contributed by atoms with E-state index in [1.54, 1.807) is 6.20 Å². The molecular formula is C10H11N3. The molecule has 0 bridgehead atoms. The first-order valence-corrected chi connectivity index (χ1v) is 4.17. The van der Waals surface area contributed by atoms with Crippen LogP contribution in [0.5, 0.6) is 0 Å². The molecule has 1 aromatic rings. The monoisotopic (exact) mass is 173 g/mol. The molecule has 0 amide bonds.